The Morgan fingerprint density at radius 1 is 1.23 bits per heavy atom. The summed E-state index contributed by atoms with van der Waals surface area (Å²) in [7, 11) is 0. The zero-order chi connectivity index (χ0) is 21.7. The fourth-order valence-electron chi connectivity index (χ4n) is 3.40. The average Bonchev–Trinajstić information content (AvgIpc) is 3.43. The number of hydrogen-bond donors (Lipinski definition) is 0. The predicted octanol–water partition coefficient (Wildman–Crippen LogP) is 5.01. The maximum Gasteiger partial charge on any atom is 0.272 e. The van der Waals surface area contributed by atoms with Gasteiger partial charge >= 0.3 is 0 Å². The maximum absolute atomic E-state index is 10.9. The van der Waals surface area contributed by atoms with Crippen molar-refractivity contribution in [3.05, 3.63) is 68.5 Å². The molecule has 0 atom stereocenters. The zero-order valence-corrected chi connectivity index (χ0v) is 17.8. The van der Waals surface area contributed by atoms with Crippen LogP contribution in [0.4, 0.5) is 5.69 Å². The Morgan fingerprint density at radius 3 is 2.84 bits per heavy atom. The monoisotopic (exact) mass is 435 g/mol. The van der Waals surface area contributed by atoms with Crippen LogP contribution in [0.5, 0.6) is 5.75 Å². The van der Waals surface area contributed by atoms with Crippen molar-refractivity contribution in [2.75, 3.05) is 0 Å². The molecule has 0 spiro atoms. The van der Waals surface area contributed by atoms with E-state index in [1.165, 1.54) is 10.9 Å². The van der Waals surface area contributed by atoms with Crippen molar-refractivity contribution in [2.24, 2.45) is 0 Å². The highest BCUT2D eigenvalue weighted by atomic mass is 32.1. The van der Waals surface area contributed by atoms with Gasteiger partial charge in [-0.15, -0.1) is 16.4 Å². The minimum absolute atomic E-state index is 0.0604. The van der Waals surface area contributed by atoms with Gasteiger partial charge in [-0.2, -0.15) is 0 Å². The summed E-state index contributed by atoms with van der Waals surface area (Å²) in [6.07, 6.45) is 1.66. The van der Waals surface area contributed by atoms with E-state index in [0.717, 1.165) is 21.4 Å². The second-order valence-corrected chi connectivity index (χ2v) is 8.37. The Kier molecular flexibility index (Phi) is 4.44. The van der Waals surface area contributed by atoms with Crippen molar-refractivity contribution in [3.63, 3.8) is 0 Å². The van der Waals surface area contributed by atoms with Gasteiger partial charge in [-0.3, -0.25) is 10.1 Å². The van der Waals surface area contributed by atoms with Gasteiger partial charge in [0.1, 0.15) is 29.3 Å². The molecule has 0 N–H and O–H groups in total. The van der Waals surface area contributed by atoms with Crippen molar-refractivity contribution >= 4 is 32.9 Å². The Hall–Kier alpha value is -3.79. The molecule has 0 fully saturated rings. The van der Waals surface area contributed by atoms with E-state index >= 15 is 0 Å². The van der Waals surface area contributed by atoms with Crippen LogP contribution in [-0.4, -0.2) is 24.5 Å². The molecule has 156 valence electrons. The van der Waals surface area contributed by atoms with Crippen LogP contribution >= 0.6 is 11.3 Å². The normalized spacial score (nSPS) is 11.5. The number of rotatable bonds is 5. The molecule has 10 heteroatoms. The van der Waals surface area contributed by atoms with E-state index in [4.69, 9.17) is 9.15 Å². The lowest BCUT2D eigenvalue weighted by atomic mass is 10.2. The highest BCUT2D eigenvalue weighted by Crippen LogP contribution is 2.32. The van der Waals surface area contributed by atoms with E-state index in [-0.39, 0.29) is 12.3 Å². The summed E-state index contributed by atoms with van der Waals surface area (Å²) in [4.78, 5) is 21.8. The van der Waals surface area contributed by atoms with Gasteiger partial charge < -0.3 is 9.15 Å². The Morgan fingerprint density at radius 2 is 2.06 bits per heavy atom. The molecule has 9 nitrogen and oxygen atoms in total. The molecule has 0 aliphatic rings. The molecule has 5 aromatic rings. The van der Waals surface area contributed by atoms with Crippen LogP contribution in [-0.2, 0) is 6.61 Å². The number of fused-ring (bicyclic) bond motifs is 3. The Bertz CT molecular complexity index is 1470. The molecule has 0 saturated carbocycles. The van der Waals surface area contributed by atoms with Crippen molar-refractivity contribution in [1.82, 2.24) is 19.6 Å². The van der Waals surface area contributed by atoms with Crippen LogP contribution in [0.1, 0.15) is 21.8 Å². The van der Waals surface area contributed by atoms with Gasteiger partial charge in [-0.1, -0.05) is 0 Å². The first-order valence-corrected chi connectivity index (χ1v) is 10.3. The SMILES string of the molecule is Cc1cc(OCc2ccc(-c3nc4c5c(C)c(C)sc5ncn4n3)o2)ccc1[N+](=O)[O-]. The first-order valence-electron chi connectivity index (χ1n) is 9.48. The van der Waals surface area contributed by atoms with Crippen LogP contribution in [0.15, 0.2) is 41.1 Å². The van der Waals surface area contributed by atoms with Crippen molar-refractivity contribution in [1.29, 1.82) is 0 Å². The number of thiophene rings is 1. The molecule has 0 aliphatic heterocycles. The lowest BCUT2D eigenvalue weighted by Gasteiger charge is -2.05. The third-order valence-electron chi connectivity index (χ3n) is 5.13. The topological polar surface area (TPSA) is 109 Å². The molecule has 5 rings (SSSR count). The quantitative estimate of drug-likeness (QED) is 0.282. The molecule has 4 heterocycles. The number of nitro benzene ring substituents is 1. The second kappa shape index (κ2) is 7.17. The second-order valence-electron chi connectivity index (χ2n) is 7.17. The van der Waals surface area contributed by atoms with Gasteiger partial charge in [-0.05, 0) is 50.6 Å². The summed E-state index contributed by atoms with van der Waals surface area (Å²) >= 11 is 1.64. The van der Waals surface area contributed by atoms with Gasteiger partial charge in [-0.25, -0.2) is 14.5 Å². The van der Waals surface area contributed by atoms with Crippen LogP contribution in [0.2, 0.25) is 0 Å². The Labute approximate surface area is 180 Å². The lowest BCUT2D eigenvalue weighted by molar-refractivity contribution is -0.385. The van der Waals surface area contributed by atoms with Crippen LogP contribution in [0.3, 0.4) is 0 Å². The van der Waals surface area contributed by atoms with Crippen LogP contribution in [0.25, 0.3) is 27.4 Å². The number of ether oxygens (including phenoxy) is 1. The van der Waals surface area contributed by atoms with Crippen molar-refractivity contribution in [2.45, 2.75) is 27.4 Å². The molecule has 0 radical (unpaired) electrons. The van der Waals surface area contributed by atoms with E-state index in [1.54, 1.807) is 53.4 Å². The maximum atomic E-state index is 10.9. The van der Waals surface area contributed by atoms with E-state index < -0.39 is 4.92 Å². The number of benzene rings is 1. The third-order valence-corrected chi connectivity index (χ3v) is 6.25. The molecule has 31 heavy (non-hydrogen) atoms. The highest BCUT2D eigenvalue weighted by molar-refractivity contribution is 7.18. The number of aromatic nitrogens is 4. The number of aryl methyl sites for hydroxylation is 3. The van der Waals surface area contributed by atoms with E-state index in [0.29, 0.717) is 28.7 Å². The fourth-order valence-corrected chi connectivity index (χ4v) is 4.39. The average molecular weight is 435 g/mol. The lowest BCUT2D eigenvalue weighted by Crippen LogP contribution is -1.96. The summed E-state index contributed by atoms with van der Waals surface area (Å²) in [5, 5.41) is 16.4. The van der Waals surface area contributed by atoms with E-state index in [2.05, 4.69) is 28.9 Å². The number of nitrogens with zero attached hydrogens (tertiary/aromatic N) is 5. The van der Waals surface area contributed by atoms with E-state index in [1.807, 2.05) is 0 Å². The Balaban J connectivity index is 1.39. The molecular weight excluding hydrogens is 418 g/mol. The van der Waals surface area contributed by atoms with Gasteiger partial charge in [0.2, 0.25) is 5.82 Å². The fraction of sp³-hybridized carbons (Fsp3) is 0.190. The molecular formula is C21H17N5O4S. The summed E-state index contributed by atoms with van der Waals surface area (Å²) in [6.45, 7) is 5.99. The largest absolute Gasteiger partial charge is 0.486 e. The molecule has 0 saturated heterocycles. The molecule has 1 aromatic carbocycles. The van der Waals surface area contributed by atoms with Crippen LogP contribution < -0.4 is 4.74 Å². The van der Waals surface area contributed by atoms with Crippen molar-refractivity contribution in [3.8, 4) is 17.3 Å². The highest BCUT2D eigenvalue weighted by Gasteiger charge is 2.17. The van der Waals surface area contributed by atoms with E-state index in [9.17, 15) is 10.1 Å². The number of hydrogen-bond acceptors (Lipinski definition) is 8. The van der Waals surface area contributed by atoms with Gasteiger partial charge in [0.05, 0.1) is 10.3 Å². The number of furan rings is 1. The zero-order valence-electron chi connectivity index (χ0n) is 16.9. The standard InChI is InChI=1S/C21H17N5O4S/c1-11-8-14(4-6-16(11)26(27)28)29-9-15-5-7-17(30-15)19-23-20-18-12(2)13(3)31-21(18)22-10-25(20)24-19/h4-8,10H,9H2,1-3H3. The molecule has 0 aliphatic carbocycles. The molecule has 0 bridgehead atoms. The summed E-state index contributed by atoms with van der Waals surface area (Å²) < 4.78 is 13.3. The predicted molar refractivity (Wildman–Crippen MR) is 116 cm³/mol. The molecule has 0 amide bonds. The van der Waals surface area contributed by atoms with Gasteiger partial charge in [0.15, 0.2) is 11.4 Å². The van der Waals surface area contributed by atoms with Crippen molar-refractivity contribution < 1.29 is 14.1 Å². The van der Waals surface area contributed by atoms with Gasteiger partial charge in [0, 0.05) is 16.5 Å². The van der Waals surface area contributed by atoms with Crippen LogP contribution in [0, 0.1) is 30.9 Å². The first-order chi connectivity index (χ1) is 14.9. The minimum Gasteiger partial charge on any atom is -0.486 e. The minimum atomic E-state index is -0.415. The smallest absolute Gasteiger partial charge is 0.272 e. The summed E-state index contributed by atoms with van der Waals surface area (Å²) in [6, 6.07) is 8.23. The molecule has 4 aromatic heterocycles. The number of nitro groups is 1. The summed E-state index contributed by atoms with van der Waals surface area (Å²) in [5.41, 5.74) is 2.50. The third kappa shape index (κ3) is 3.30. The molecule has 0 unspecified atom stereocenters. The first kappa shape index (κ1) is 19.2. The van der Waals surface area contributed by atoms with Gasteiger partial charge in [0.25, 0.3) is 5.69 Å². The summed E-state index contributed by atoms with van der Waals surface area (Å²) in [5.74, 6) is 2.12.